The number of para-hydroxylation sites is 1. The second-order valence-corrected chi connectivity index (χ2v) is 7.49. The van der Waals surface area contributed by atoms with Crippen LogP contribution < -0.4 is 15.4 Å². The molecule has 0 bridgehead atoms. The fourth-order valence-electron chi connectivity index (χ4n) is 3.50. The molecule has 0 aliphatic carbocycles. The lowest BCUT2D eigenvalue weighted by atomic mass is 10.1. The number of pyridine rings is 1. The molecule has 0 radical (unpaired) electrons. The Morgan fingerprint density at radius 1 is 1.03 bits per heavy atom. The Morgan fingerprint density at radius 2 is 1.85 bits per heavy atom. The highest BCUT2D eigenvalue weighted by Crippen LogP contribution is 2.23. The number of methoxy groups -OCH3 is 2. The van der Waals surface area contributed by atoms with E-state index in [4.69, 9.17) is 9.47 Å². The molecule has 33 heavy (non-hydrogen) atoms. The number of aromatic amines is 1. The largest absolute Gasteiger partial charge is 0.496 e. The van der Waals surface area contributed by atoms with Gasteiger partial charge in [0, 0.05) is 17.6 Å². The molecule has 8 heteroatoms. The Morgan fingerprint density at radius 3 is 2.64 bits per heavy atom. The van der Waals surface area contributed by atoms with Gasteiger partial charge in [-0.2, -0.15) is 0 Å². The number of benzene rings is 2. The summed E-state index contributed by atoms with van der Waals surface area (Å²) < 4.78 is 10.0. The van der Waals surface area contributed by atoms with Crippen molar-refractivity contribution < 1.29 is 19.1 Å². The maximum atomic E-state index is 12.7. The van der Waals surface area contributed by atoms with Gasteiger partial charge in [0.25, 0.3) is 5.91 Å². The number of carbonyl (C=O) groups excluding carboxylic acids is 2. The van der Waals surface area contributed by atoms with E-state index in [1.807, 2.05) is 37.3 Å². The maximum Gasteiger partial charge on any atom is 0.354 e. The monoisotopic (exact) mass is 444 g/mol. The molecule has 4 rings (SSSR count). The van der Waals surface area contributed by atoms with Crippen LogP contribution in [-0.2, 0) is 11.3 Å². The fourth-order valence-corrected chi connectivity index (χ4v) is 3.50. The number of esters is 1. The first kappa shape index (κ1) is 21.9. The van der Waals surface area contributed by atoms with Crippen molar-refractivity contribution in [1.82, 2.24) is 9.97 Å². The van der Waals surface area contributed by atoms with Gasteiger partial charge in [-0.3, -0.25) is 4.79 Å². The van der Waals surface area contributed by atoms with Crippen molar-refractivity contribution in [3.63, 3.8) is 0 Å². The number of hydrogen-bond acceptors (Lipinski definition) is 6. The van der Waals surface area contributed by atoms with E-state index >= 15 is 0 Å². The lowest BCUT2D eigenvalue weighted by Gasteiger charge is -2.13. The number of aryl methyl sites for hydroxylation is 1. The molecular weight excluding hydrogens is 420 g/mol. The van der Waals surface area contributed by atoms with Crippen LogP contribution in [0.5, 0.6) is 5.75 Å². The van der Waals surface area contributed by atoms with E-state index in [1.165, 1.54) is 14.2 Å². The van der Waals surface area contributed by atoms with Gasteiger partial charge >= 0.3 is 5.97 Å². The van der Waals surface area contributed by atoms with Crippen molar-refractivity contribution >= 4 is 34.3 Å². The molecule has 3 N–H and O–H groups in total. The van der Waals surface area contributed by atoms with Gasteiger partial charge in [0.2, 0.25) is 0 Å². The van der Waals surface area contributed by atoms with E-state index in [0.717, 1.165) is 22.2 Å². The van der Waals surface area contributed by atoms with Crippen LogP contribution in [-0.4, -0.2) is 36.1 Å². The lowest BCUT2D eigenvalue weighted by Crippen LogP contribution is -2.13. The number of carbonyl (C=O) groups is 2. The van der Waals surface area contributed by atoms with Crippen LogP contribution in [0.3, 0.4) is 0 Å². The molecule has 0 aliphatic rings. The van der Waals surface area contributed by atoms with Gasteiger partial charge in [0.05, 0.1) is 31.7 Å². The molecule has 2 aromatic carbocycles. The Hall–Kier alpha value is -4.33. The first-order valence-electron chi connectivity index (χ1n) is 10.3. The number of nitrogens with zero attached hydrogens (tertiary/aromatic N) is 1. The molecule has 8 nitrogen and oxygen atoms in total. The maximum absolute atomic E-state index is 12.7. The minimum absolute atomic E-state index is 0.237. The average Bonchev–Trinajstić information content (AvgIpc) is 3.27. The predicted octanol–water partition coefficient (Wildman–Crippen LogP) is 4.53. The summed E-state index contributed by atoms with van der Waals surface area (Å²) in [6.45, 7) is 2.55. The third kappa shape index (κ3) is 4.79. The molecular formula is C25H24N4O4. The molecule has 1 amide bonds. The van der Waals surface area contributed by atoms with Crippen LogP contribution in [0.2, 0.25) is 0 Å². The standard InChI is InChI=1S/C25H24N4O4/c1-15-8-9-18(28-24(30)20-6-4-5-7-22(20)32-2)11-17(15)13-26-19-10-16-12-21(25(31)33-3)29-23(16)27-14-19/h4-12,14,26H,13H2,1-3H3,(H,27,29)(H,28,30). The normalized spacial score (nSPS) is 10.6. The third-order valence-electron chi connectivity index (χ3n) is 5.32. The molecule has 0 unspecified atom stereocenters. The smallest absolute Gasteiger partial charge is 0.354 e. The van der Waals surface area contributed by atoms with Gasteiger partial charge in [0.15, 0.2) is 0 Å². The van der Waals surface area contributed by atoms with E-state index in [0.29, 0.717) is 34.9 Å². The molecule has 4 aromatic rings. The number of rotatable bonds is 7. The number of H-pyrrole nitrogens is 1. The molecule has 0 saturated heterocycles. The number of anilines is 2. The minimum Gasteiger partial charge on any atom is -0.496 e. The number of nitrogens with one attached hydrogen (secondary N) is 3. The first-order valence-corrected chi connectivity index (χ1v) is 10.3. The Balaban J connectivity index is 1.48. The SMILES string of the molecule is COC(=O)c1cc2cc(NCc3cc(NC(=O)c4ccccc4OC)ccc3C)cnc2[nH]1. The van der Waals surface area contributed by atoms with E-state index in [2.05, 4.69) is 20.6 Å². The summed E-state index contributed by atoms with van der Waals surface area (Å²) in [5.41, 5.74) is 5.04. The van der Waals surface area contributed by atoms with Crippen LogP contribution in [0.25, 0.3) is 11.0 Å². The van der Waals surface area contributed by atoms with Crippen LogP contribution in [0.4, 0.5) is 11.4 Å². The molecule has 2 heterocycles. The van der Waals surface area contributed by atoms with Gasteiger partial charge in [-0.15, -0.1) is 0 Å². The summed E-state index contributed by atoms with van der Waals surface area (Å²) in [7, 11) is 2.88. The van der Waals surface area contributed by atoms with Gasteiger partial charge < -0.3 is 25.1 Å². The van der Waals surface area contributed by atoms with Gasteiger partial charge in [-0.1, -0.05) is 18.2 Å². The highest BCUT2D eigenvalue weighted by atomic mass is 16.5. The highest BCUT2D eigenvalue weighted by molar-refractivity contribution is 6.06. The summed E-state index contributed by atoms with van der Waals surface area (Å²) in [5, 5.41) is 7.09. The molecule has 2 aromatic heterocycles. The quantitative estimate of drug-likeness (QED) is 0.362. The first-order chi connectivity index (χ1) is 16.0. The van der Waals surface area contributed by atoms with Crippen LogP contribution in [0.15, 0.2) is 60.8 Å². The second kappa shape index (κ2) is 9.44. The average molecular weight is 444 g/mol. The lowest BCUT2D eigenvalue weighted by molar-refractivity contribution is 0.0595. The summed E-state index contributed by atoms with van der Waals surface area (Å²) in [6.07, 6.45) is 1.70. The molecule has 0 spiro atoms. The van der Waals surface area contributed by atoms with Gasteiger partial charge in [-0.05, 0) is 54.4 Å². The number of fused-ring (bicyclic) bond motifs is 1. The van der Waals surface area contributed by atoms with Crippen molar-refractivity contribution in [1.29, 1.82) is 0 Å². The number of ether oxygens (including phenoxy) is 2. The zero-order valence-corrected chi connectivity index (χ0v) is 18.6. The summed E-state index contributed by atoms with van der Waals surface area (Å²) in [6, 6.07) is 16.5. The van der Waals surface area contributed by atoms with Crippen molar-refractivity contribution in [2.75, 3.05) is 24.9 Å². The van der Waals surface area contributed by atoms with Gasteiger partial charge in [0.1, 0.15) is 17.1 Å². The second-order valence-electron chi connectivity index (χ2n) is 7.49. The van der Waals surface area contributed by atoms with Gasteiger partial charge in [-0.25, -0.2) is 9.78 Å². The van der Waals surface area contributed by atoms with E-state index in [1.54, 1.807) is 30.5 Å². The summed E-state index contributed by atoms with van der Waals surface area (Å²) in [5.74, 6) is -0.157. The highest BCUT2D eigenvalue weighted by Gasteiger charge is 2.13. The molecule has 0 saturated carbocycles. The predicted molar refractivity (Wildman–Crippen MR) is 127 cm³/mol. The van der Waals surface area contributed by atoms with Crippen LogP contribution in [0, 0.1) is 6.92 Å². The Labute approximate surface area is 190 Å². The van der Waals surface area contributed by atoms with Crippen molar-refractivity contribution in [2.24, 2.45) is 0 Å². The third-order valence-corrected chi connectivity index (χ3v) is 5.32. The molecule has 168 valence electrons. The van der Waals surface area contributed by atoms with E-state index in [9.17, 15) is 9.59 Å². The molecule has 0 aliphatic heterocycles. The number of aromatic nitrogens is 2. The van der Waals surface area contributed by atoms with Crippen molar-refractivity contribution in [2.45, 2.75) is 13.5 Å². The Bertz CT molecular complexity index is 1330. The van der Waals surface area contributed by atoms with Crippen LogP contribution >= 0.6 is 0 Å². The zero-order valence-electron chi connectivity index (χ0n) is 18.6. The number of amides is 1. The van der Waals surface area contributed by atoms with Crippen molar-refractivity contribution in [3.05, 3.63) is 83.2 Å². The molecule has 0 atom stereocenters. The summed E-state index contributed by atoms with van der Waals surface area (Å²) >= 11 is 0. The fraction of sp³-hybridized carbons (Fsp3) is 0.160. The Kier molecular flexibility index (Phi) is 6.26. The summed E-state index contributed by atoms with van der Waals surface area (Å²) in [4.78, 5) is 31.7. The van der Waals surface area contributed by atoms with Crippen LogP contribution in [0.1, 0.15) is 32.0 Å². The zero-order chi connectivity index (χ0) is 23.4. The van der Waals surface area contributed by atoms with E-state index in [-0.39, 0.29) is 5.91 Å². The minimum atomic E-state index is -0.440. The topological polar surface area (TPSA) is 105 Å². The number of hydrogen-bond donors (Lipinski definition) is 3. The van der Waals surface area contributed by atoms with Crippen molar-refractivity contribution in [3.8, 4) is 5.75 Å². The molecule has 0 fully saturated rings. The van der Waals surface area contributed by atoms with E-state index < -0.39 is 5.97 Å².